The minimum Gasteiger partial charge on any atom is -0.373 e. The third kappa shape index (κ3) is 3.10. The van der Waals surface area contributed by atoms with Crippen LogP contribution in [0.2, 0.25) is 0 Å². The van der Waals surface area contributed by atoms with Gasteiger partial charge in [0.15, 0.2) is 0 Å². The van der Waals surface area contributed by atoms with Crippen molar-refractivity contribution in [3.8, 4) is 0 Å². The van der Waals surface area contributed by atoms with Gasteiger partial charge in [0, 0.05) is 29.8 Å². The second kappa shape index (κ2) is 5.25. The standard InChI is InChI=1S/C14H20N4S/c1-9-10(16-8-17-13(9)15-5)6-12-18-11(7-19-12)14(2,3)4/h7-8H,6H2,1-5H3,(H,15,16,17). The first-order valence-corrected chi connectivity index (χ1v) is 7.23. The first-order chi connectivity index (χ1) is 8.91. The van der Waals surface area contributed by atoms with Crippen molar-refractivity contribution in [3.05, 3.63) is 33.7 Å². The van der Waals surface area contributed by atoms with Crippen molar-refractivity contribution in [2.24, 2.45) is 0 Å². The molecule has 0 bridgehead atoms. The van der Waals surface area contributed by atoms with Crippen molar-refractivity contribution < 1.29 is 0 Å². The lowest BCUT2D eigenvalue weighted by Gasteiger charge is -2.14. The van der Waals surface area contributed by atoms with Crippen molar-refractivity contribution in [3.63, 3.8) is 0 Å². The van der Waals surface area contributed by atoms with E-state index in [-0.39, 0.29) is 5.41 Å². The molecule has 0 aromatic carbocycles. The van der Waals surface area contributed by atoms with E-state index in [1.54, 1.807) is 17.7 Å². The molecule has 0 radical (unpaired) electrons. The monoisotopic (exact) mass is 276 g/mol. The summed E-state index contributed by atoms with van der Waals surface area (Å²) >= 11 is 1.70. The van der Waals surface area contributed by atoms with Crippen LogP contribution in [0.4, 0.5) is 5.82 Å². The summed E-state index contributed by atoms with van der Waals surface area (Å²) in [5.41, 5.74) is 3.38. The predicted molar refractivity (Wildman–Crippen MR) is 79.9 cm³/mol. The van der Waals surface area contributed by atoms with Crippen LogP contribution in [0.1, 0.15) is 42.7 Å². The average Bonchev–Trinajstić information content (AvgIpc) is 2.80. The largest absolute Gasteiger partial charge is 0.373 e. The number of hydrogen-bond donors (Lipinski definition) is 1. The quantitative estimate of drug-likeness (QED) is 0.935. The summed E-state index contributed by atoms with van der Waals surface area (Å²) in [6.45, 7) is 8.59. The SMILES string of the molecule is CNc1ncnc(Cc2nc(C(C)(C)C)cs2)c1C. The maximum atomic E-state index is 4.71. The molecule has 102 valence electrons. The molecule has 0 atom stereocenters. The fourth-order valence-electron chi connectivity index (χ4n) is 1.80. The number of rotatable bonds is 3. The molecule has 0 aliphatic carbocycles. The van der Waals surface area contributed by atoms with Crippen LogP contribution in [0.25, 0.3) is 0 Å². The molecule has 0 saturated carbocycles. The molecule has 4 nitrogen and oxygen atoms in total. The van der Waals surface area contributed by atoms with E-state index < -0.39 is 0 Å². The maximum absolute atomic E-state index is 4.71. The molecule has 1 N–H and O–H groups in total. The fourth-order valence-corrected chi connectivity index (χ4v) is 2.82. The van der Waals surface area contributed by atoms with Crippen molar-refractivity contribution in [1.82, 2.24) is 15.0 Å². The molecule has 2 aromatic rings. The number of anilines is 1. The smallest absolute Gasteiger partial charge is 0.132 e. The molecule has 0 aliphatic rings. The Bertz CT molecular complexity index is 569. The average molecular weight is 276 g/mol. The van der Waals surface area contributed by atoms with Gasteiger partial charge < -0.3 is 5.32 Å². The molecule has 0 amide bonds. The van der Waals surface area contributed by atoms with Crippen LogP contribution in [0.15, 0.2) is 11.7 Å². The van der Waals surface area contributed by atoms with Gasteiger partial charge in [-0.25, -0.2) is 15.0 Å². The molecule has 0 saturated heterocycles. The zero-order chi connectivity index (χ0) is 14.0. The van der Waals surface area contributed by atoms with E-state index in [0.29, 0.717) is 0 Å². The minimum atomic E-state index is 0.103. The number of nitrogens with zero attached hydrogens (tertiary/aromatic N) is 3. The van der Waals surface area contributed by atoms with Gasteiger partial charge in [0.25, 0.3) is 0 Å². The van der Waals surface area contributed by atoms with Crippen LogP contribution in [-0.2, 0) is 11.8 Å². The van der Waals surface area contributed by atoms with Gasteiger partial charge in [-0.2, -0.15) is 0 Å². The highest BCUT2D eigenvalue weighted by Crippen LogP contribution is 2.25. The first-order valence-electron chi connectivity index (χ1n) is 6.35. The Labute approximate surface area is 118 Å². The Hall–Kier alpha value is -1.49. The molecule has 2 aromatic heterocycles. The van der Waals surface area contributed by atoms with Crippen molar-refractivity contribution in [2.45, 2.75) is 39.5 Å². The molecule has 2 rings (SSSR count). The predicted octanol–water partition coefficient (Wildman–Crippen LogP) is 3.17. The van der Waals surface area contributed by atoms with Gasteiger partial charge in [0.1, 0.15) is 12.1 Å². The third-order valence-corrected chi connectivity index (χ3v) is 3.91. The molecule has 19 heavy (non-hydrogen) atoms. The van der Waals surface area contributed by atoms with Gasteiger partial charge >= 0.3 is 0 Å². The molecule has 2 heterocycles. The first kappa shape index (κ1) is 13.9. The van der Waals surface area contributed by atoms with E-state index in [4.69, 9.17) is 4.98 Å². The van der Waals surface area contributed by atoms with Crippen LogP contribution < -0.4 is 5.32 Å². The van der Waals surface area contributed by atoms with Gasteiger partial charge in [-0.05, 0) is 6.92 Å². The van der Waals surface area contributed by atoms with Crippen molar-refractivity contribution >= 4 is 17.2 Å². The molecule has 0 aliphatic heterocycles. The van der Waals surface area contributed by atoms with E-state index >= 15 is 0 Å². The second-order valence-corrected chi connectivity index (χ2v) is 6.54. The second-order valence-electron chi connectivity index (χ2n) is 5.60. The summed E-state index contributed by atoms with van der Waals surface area (Å²) < 4.78 is 0. The molecule has 5 heteroatoms. The lowest BCUT2D eigenvalue weighted by atomic mass is 9.93. The lowest BCUT2D eigenvalue weighted by molar-refractivity contribution is 0.571. The summed E-state index contributed by atoms with van der Waals surface area (Å²) in [6.07, 6.45) is 2.37. The van der Waals surface area contributed by atoms with E-state index in [2.05, 4.69) is 41.4 Å². The van der Waals surface area contributed by atoms with Crippen molar-refractivity contribution in [1.29, 1.82) is 0 Å². The molecule has 0 fully saturated rings. The van der Waals surface area contributed by atoms with Crippen LogP contribution >= 0.6 is 11.3 Å². The zero-order valence-electron chi connectivity index (χ0n) is 12.1. The molecule has 0 spiro atoms. The number of aromatic nitrogens is 3. The Morgan fingerprint density at radius 2 is 2.00 bits per heavy atom. The molecule has 0 unspecified atom stereocenters. The number of hydrogen-bond acceptors (Lipinski definition) is 5. The van der Waals surface area contributed by atoms with Crippen LogP contribution in [0.5, 0.6) is 0 Å². The van der Waals surface area contributed by atoms with E-state index in [1.807, 2.05) is 14.0 Å². The summed E-state index contributed by atoms with van der Waals surface area (Å²) in [6, 6.07) is 0. The molecular formula is C14H20N4S. The van der Waals surface area contributed by atoms with Crippen LogP contribution in [0.3, 0.4) is 0 Å². The van der Waals surface area contributed by atoms with Gasteiger partial charge in [0.2, 0.25) is 0 Å². The van der Waals surface area contributed by atoms with E-state index in [1.165, 1.54) is 0 Å². The van der Waals surface area contributed by atoms with Crippen molar-refractivity contribution in [2.75, 3.05) is 12.4 Å². The highest BCUT2D eigenvalue weighted by atomic mass is 32.1. The summed E-state index contributed by atoms with van der Waals surface area (Å²) in [4.78, 5) is 13.3. The van der Waals surface area contributed by atoms with E-state index in [9.17, 15) is 0 Å². The topological polar surface area (TPSA) is 50.7 Å². The van der Waals surface area contributed by atoms with Gasteiger partial charge in [-0.15, -0.1) is 11.3 Å². The summed E-state index contributed by atoms with van der Waals surface area (Å²) in [7, 11) is 1.88. The van der Waals surface area contributed by atoms with Gasteiger partial charge in [-0.1, -0.05) is 20.8 Å². The normalized spacial score (nSPS) is 11.6. The third-order valence-electron chi connectivity index (χ3n) is 3.06. The highest BCUT2D eigenvalue weighted by molar-refractivity contribution is 7.09. The Balaban J connectivity index is 2.25. The Morgan fingerprint density at radius 3 is 2.58 bits per heavy atom. The van der Waals surface area contributed by atoms with Gasteiger partial charge in [0.05, 0.1) is 16.4 Å². The van der Waals surface area contributed by atoms with Crippen LogP contribution in [-0.4, -0.2) is 22.0 Å². The zero-order valence-corrected chi connectivity index (χ0v) is 12.9. The minimum absolute atomic E-state index is 0.103. The molecular weight excluding hydrogens is 256 g/mol. The fraction of sp³-hybridized carbons (Fsp3) is 0.500. The lowest BCUT2D eigenvalue weighted by Crippen LogP contribution is -2.11. The highest BCUT2D eigenvalue weighted by Gasteiger charge is 2.18. The number of thiazole rings is 1. The Morgan fingerprint density at radius 1 is 1.26 bits per heavy atom. The number of nitrogens with one attached hydrogen (secondary N) is 1. The van der Waals surface area contributed by atoms with Gasteiger partial charge in [-0.3, -0.25) is 0 Å². The summed E-state index contributed by atoms with van der Waals surface area (Å²) in [5.74, 6) is 0.887. The Kier molecular flexibility index (Phi) is 3.85. The summed E-state index contributed by atoms with van der Waals surface area (Å²) in [5, 5.41) is 6.33. The van der Waals surface area contributed by atoms with E-state index in [0.717, 1.165) is 34.2 Å². The maximum Gasteiger partial charge on any atom is 0.132 e. The van der Waals surface area contributed by atoms with Crippen LogP contribution in [0, 0.1) is 6.92 Å².